The number of benzene rings is 1. The van der Waals surface area contributed by atoms with E-state index in [1.54, 1.807) is 0 Å². The monoisotopic (exact) mass is 401 g/mol. The van der Waals surface area contributed by atoms with Crippen molar-refractivity contribution in [3.8, 4) is 0 Å². The molecule has 1 atom stereocenters. The van der Waals surface area contributed by atoms with Crippen LogP contribution in [0.3, 0.4) is 0 Å². The van der Waals surface area contributed by atoms with Crippen molar-refractivity contribution in [3.63, 3.8) is 0 Å². The molecule has 1 saturated carbocycles. The summed E-state index contributed by atoms with van der Waals surface area (Å²) in [5.74, 6) is 0.0423. The van der Waals surface area contributed by atoms with Crippen LogP contribution < -0.4 is 0 Å². The lowest BCUT2D eigenvalue weighted by Crippen LogP contribution is -2.48. The number of hydrogen-bond acceptors (Lipinski definition) is 3. The van der Waals surface area contributed by atoms with Gasteiger partial charge < -0.3 is 9.80 Å². The fourth-order valence-corrected chi connectivity index (χ4v) is 5.44. The van der Waals surface area contributed by atoms with Crippen molar-refractivity contribution in [2.75, 3.05) is 32.7 Å². The first-order chi connectivity index (χ1) is 14.2. The summed E-state index contributed by atoms with van der Waals surface area (Å²) in [7, 11) is 0. The van der Waals surface area contributed by atoms with Crippen LogP contribution >= 0.6 is 0 Å². The summed E-state index contributed by atoms with van der Waals surface area (Å²) in [4.78, 5) is 20.6. The van der Waals surface area contributed by atoms with E-state index in [0.29, 0.717) is 25.2 Å². The molecule has 4 rings (SSSR count). The quantitative estimate of drug-likeness (QED) is 0.690. The van der Waals surface area contributed by atoms with Crippen molar-refractivity contribution in [3.05, 3.63) is 35.6 Å². The normalized spacial score (nSPS) is 24.2. The molecule has 3 aliphatic rings. The van der Waals surface area contributed by atoms with Gasteiger partial charge in [-0.1, -0.05) is 31.4 Å². The van der Waals surface area contributed by atoms with Crippen molar-refractivity contribution < 1.29 is 9.18 Å². The second-order valence-corrected chi connectivity index (χ2v) is 9.21. The predicted octanol–water partition coefficient (Wildman–Crippen LogP) is 4.05. The molecule has 5 heteroatoms. The van der Waals surface area contributed by atoms with Crippen molar-refractivity contribution in [1.29, 1.82) is 0 Å². The van der Waals surface area contributed by atoms with Crippen molar-refractivity contribution in [1.82, 2.24) is 14.7 Å². The number of halogens is 1. The molecule has 29 heavy (non-hydrogen) atoms. The third kappa shape index (κ3) is 5.58. The molecule has 2 aliphatic heterocycles. The average Bonchev–Trinajstić information content (AvgIpc) is 3.41. The summed E-state index contributed by atoms with van der Waals surface area (Å²) < 4.78 is 13.3. The lowest BCUT2D eigenvalue weighted by Gasteiger charge is -2.36. The van der Waals surface area contributed by atoms with E-state index in [0.717, 1.165) is 31.5 Å². The SMILES string of the molecule is O=C(CN1CCCC1CN1CCCC1)N(Cc1ccc(F)cc1)C1CCCCC1. The van der Waals surface area contributed by atoms with Crippen molar-refractivity contribution in [2.45, 2.75) is 76.4 Å². The third-order valence-corrected chi connectivity index (χ3v) is 7.11. The Kier molecular flexibility index (Phi) is 7.20. The van der Waals surface area contributed by atoms with E-state index in [9.17, 15) is 9.18 Å². The molecular weight excluding hydrogens is 365 g/mol. The maximum Gasteiger partial charge on any atom is 0.237 e. The molecule has 0 radical (unpaired) electrons. The van der Waals surface area contributed by atoms with Crippen LogP contribution in [0.25, 0.3) is 0 Å². The van der Waals surface area contributed by atoms with Crippen LogP contribution in [0.2, 0.25) is 0 Å². The van der Waals surface area contributed by atoms with E-state index in [4.69, 9.17) is 0 Å². The Bertz CT molecular complexity index is 653. The minimum absolute atomic E-state index is 0.217. The second-order valence-electron chi connectivity index (χ2n) is 9.21. The van der Waals surface area contributed by atoms with Gasteiger partial charge in [0.2, 0.25) is 5.91 Å². The maximum absolute atomic E-state index is 13.4. The molecule has 160 valence electrons. The Morgan fingerprint density at radius 3 is 2.38 bits per heavy atom. The van der Waals surface area contributed by atoms with E-state index < -0.39 is 0 Å². The standard InChI is InChI=1S/C24H36FN3O/c25-21-12-10-20(11-13-21)17-28(22-7-2-1-3-8-22)24(29)19-27-16-6-9-23(27)18-26-14-4-5-15-26/h10-13,22-23H,1-9,14-19H2. The summed E-state index contributed by atoms with van der Waals surface area (Å²) in [6.45, 7) is 5.74. The van der Waals surface area contributed by atoms with Gasteiger partial charge in [0.25, 0.3) is 0 Å². The van der Waals surface area contributed by atoms with Gasteiger partial charge in [0.1, 0.15) is 5.82 Å². The zero-order valence-corrected chi connectivity index (χ0v) is 17.7. The zero-order chi connectivity index (χ0) is 20.1. The molecule has 4 nitrogen and oxygen atoms in total. The van der Waals surface area contributed by atoms with E-state index >= 15 is 0 Å². The van der Waals surface area contributed by atoms with Crippen LogP contribution in [0.15, 0.2) is 24.3 Å². The van der Waals surface area contributed by atoms with Crippen LogP contribution in [0, 0.1) is 5.82 Å². The van der Waals surface area contributed by atoms with Gasteiger partial charge in [-0.3, -0.25) is 9.69 Å². The molecule has 1 aromatic rings. The topological polar surface area (TPSA) is 26.8 Å². The highest BCUT2D eigenvalue weighted by Gasteiger charge is 2.32. The highest BCUT2D eigenvalue weighted by Crippen LogP contribution is 2.26. The molecule has 1 amide bonds. The van der Waals surface area contributed by atoms with Gasteiger partial charge >= 0.3 is 0 Å². The molecule has 2 heterocycles. The number of carbonyl (C=O) groups is 1. The van der Waals surface area contributed by atoms with Crippen LogP contribution in [0.5, 0.6) is 0 Å². The van der Waals surface area contributed by atoms with Crippen molar-refractivity contribution in [2.24, 2.45) is 0 Å². The van der Waals surface area contributed by atoms with E-state index in [1.807, 2.05) is 12.1 Å². The zero-order valence-electron chi connectivity index (χ0n) is 17.7. The Balaban J connectivity index is 1.41. The Labute approximate surface area is 175 Å². The third-order valence-electron chi connectivity index (χ3n) is 7.11. The summed E-state index contributed by atoms with van der Waals surface area (Å²) in [6.07, 6.45) is 10.9. The number of amides is 1. The molecule has 0 aromatic heterocycles. The number of nitrogens with zero attached hydrogens (tertiary/aromatic N) is 3. The average molecular weight is 402 g/mol. The van der Waals surface area contributed by atoms with E-state index in [-0.39, 0.29) is 11.7 Å². The van der Waals surface area contributed by atoms with Crippen LogP contribution in [0.4, 0.5) is 4.39 Å². The molecule has 0 bridgehead atoms. The fraction of sp³-hybridized carbons (Fsp3) is 0.708. The first-order valence-electron chi connectivity index (χ1n) is 11.7. The summed E-state index contributed by atoms with van der Waals surface area (Å²) in [5.41, 5.74) is 1.03. The molecule has 2 saturated heterocycles. The van der Waals surface area contributed by atoms with E-state index in [1.165, 1.54) is 70.2 Å². The minimum atomic E-state index is -0.217. The lowest BCUT2D eigenvalue weighted by atomic mass is 9.93. The van der Waals surface area contributed by atoms with Gasteiger partial charge in [-0.15, -0.1) is 0 Å². The molecule has 1 unspecified atom stereocenters. The first-order valence-corrected chi connectivity index (χ1v) is 11.7. The van der Waals surface area contributed by atoms with Crippen molar-refractivity contribution >= 4 is 5.91 Å². The summed E-state index contributed by atoms with van der Waals surface area (Å²) in [5, 5.41) is 0. The fourth-order valence-electron chi connectivity index (χ4n) is 5.44. The second kappa shape index (κ2) is 10.0. The number of likely N-dealkylation sites (tertiary alicyclic amines) is 2. The summed E-state index contributed by atoms with van der Waals surface area (Å²) >= 11 is 0. The number of carbonyl (C=O) groups excluding carboxylic acids is 1. The lowest BCUT2D eigenvalue weighted by molar-refractivity contribution is -0.136. The molecule has 0 N–H and O–H groups in total. The van der Waals surface area contributed by atoms with Gasteiger partial charge in [0, 0.05) is 25.2 Å². The highest BCUT2D eigenvalue weighted by molar-refractivity contribution is 5.78. The van der Waals surface area contributed by atoms with Crippen LogP contribution in [-0.4, -0.2) is 65.4 Å². The Hall–Kier alpha value is -1.46. The van der Waals surface area contributed by atoms with Crippen LogP contribution in [0.1, 0.15) is 63.4 Å². The molecule has 0 spiro atoms. The maximum atomic E-state index is 13.4. The molecular formula is C24H36FN3O. The highest BCUT2D eigenvalue weighted by atomic mass is 19.1. The van der Waals surface area contributed by atoms with Gasteiger partial charge in [-0.25, -0.2) is 4.39 Å². The smallest absolute Gasteiger partial charge is 0.237 e. The molecule has 1 aromatic carbocycles. The predicted molar refractivity (Wildman–Crippen MR) is 114 cm³/mol. The van der Waals surface area contributed by atoms with Gasteiger partial charge in [-0.05, 0) is 75.9 Å². The van der Waals surface area contributed by atoms with Gasteiger partial charge in [-0.2, -0.15) is 0 Å². The number of rotatable bonds is 7. The number of hydrogen-bond donors (Lipinski definition) is 0. The van der Waals surface area contributed by atoms with Crippen LogP contribution in [-0.2, 0) is 11.3 Å². The van der Waals surface area contributed by atoms with Gasteiger partial charge in [0.15, 0.2) is 0 Å². The largest absolute Gasteiger partial charge is 0.334 e. The first kappa shape index (κ1) is 20.8. The summed E-state index contributed by atoms with van der Waals surface area (Å²) in [6, 6.07) is 7.52. The van der Waals surface area contributed by atoms with E-state index in [2.05, 4.69) is 14.7 Å². The Morgan fingerprint density at radius 1 is 0.931 bits per heavy atom. The molecule has 3 fully saturated rings. The van der Waals surface area contributed by atoms with Gasteiger partial charge in [0.05, 0.1) is 6.54 Å². The Morgan fingerprint density at radius 2 is 1.66 bits per heavy atom. The minimum Gasteiger partial charge on any atom is -0.334 e. The molecule has 1 aliphatic carbocycles.